The summed E-state index contributed by atoms with van der Waals surface area (Å²) in [6.45, 7) is 3.39. The number of nitrogens with one attached hydrogen (secondary N) is 1. The van der Waals surface area contributed by atoms with Gasteiger partial charge in [0, 0.05) is 19.6 Å². The largest absolute Gasteiger partial charge is 0.452 e. The molecule has 1 aliphatic carbocycles. The van der Waals surface area contributed by atoms with Crippen molar-refractivity contribution in [3.8, 4) is 0 Å². The molecule has 0 aromatic carbocycles. The molecule has 150 valence electrons. The van der Waals surface area contributed by atoms with Gasteiger partial charge in [-0.2, -0.15) is 0 Å². The molecule has 0 aromatic heterocycles. The van der Waals surface area contributed by atoms with Crippen LogP contribution >= 0.6 is 0 Å². The molecule has 2 saturated heterocycles. The van der Waals surface area contributed by atoms with E-state index in [-0.39, 0.29) is 24.8 Å². The van der Waals surface area contributed by atoms with Crippen molar-refractivity contribution in [3.63, 3.8) is 0 Å². The molecule has 0 radical (unpaired) electrons. The fraction of sp³-hybridized carbons (Fsp3) is 0.778. The molecule has 1 unspecified atom stereocenters. The molecule has 0 bridgehead atoms. The number of urea groups is 1. The van der Waals surface area contributed by atoms with Crippen LogP contribution in [0.3, 0.4) is 0 Å². The Kier molecular flexibility index (Phi) is 5.98. The molecule has 3 fully saturated rings. The molecule has 1 spiro atoms. The maximum absolute atomic E-state index is 12.7. The van der Waals surface area contributed by atoms with Crippen LogP contribution in [0.5, 0.6) is 0 Å². The fourth-order valence-electron chi connectivity index (χ4n) is 3.92. The Labute approximate surface area is 158 Å². The third kappa shape index (κ3) is 4.23. The van der Waals surface area contributed by atoms with E-state index < -0.39 is 23.6 Å². The van der Waals surface area contributed by atoms with Gasteiger partial charge in [-0.3, -0.25) is 19.3 Å². The number of nitrogens with zero attached hydrogens (tertiary/aromatic N) is 2. The van der Waals surface area contributed by atoms with Crippen molar-refractivity contribution >= 4 is 23.8 Å². The minimum atomic E-state index is -0.900. The quantitative estimate of drug-likeness (QED) is 0.547. The highest BCUT2D eigenvalue weighted by Crippen LogP contribution is 2.33. The van der Waals surface area contributed by atoms with E-state index >= 15 is 0 Å². The van der Waals surface area contributed by atoms with E-state index in [0.29, 0.717) is 39.1 Å². The number of rotatable bonds is 5. The van der Waals surface area contributed by atoms with E-state index in [1.54, 1.807) is 4.90 Å². The molecule has 1 N–H and O–H groups in total. The van der Waals surface area contributed by atoms with Gasteiger partial charge in [-0.05, 0) is 19.8 Å². The molecule has 3 rings (SSSR count). The highest BCUT2D eigenvalue weighted by molar-refractivity contribution is 6.07. The van der Waals surface area contributed by atoms with Crippen LogP contribution < -0.4 is 5.32 Å². The van der Waals surface area contributed by atoms with Crippen molar-refractivity contribution < 1.29 is 28.7 Å². The van der Waals surface area contributed by atoms with Gasteiger partial charge in [-0.25, -0.2) is 4.79 Å². The zero-order chi connectivity index (χ0) is 19.4. The normalized spacial score (nSPS) is 23.3. The topological polar surface area (TPSA) is 105 Å². The molecule has 1 atom stereocenters. The summed E-state index contributed by atoms with van der Waals surface area (Å²) in [4.78, 5) is 51.9. The molecule has 4 amide bonds. The van der Waals surface area contributed by atoms with Crippen LogP contribution in [0.4, 0.5) is 4.79 Å². The second kappa shape index (κ2) is 8.24. The van der Waals surface area contributed by atoms with Crippen LogP contribution in [0.2, 0.25) is 0 Å². The van der Waals surface area contributed by atoms with Crippen LogP contribution in [0.25, 0.3) is 0 Å². The predicted octanol–water partition coefficient (Wildman–Crippen LogP) is 0.422. The first kappa shape index (κ1) is 19.6. The smallest absolute Gasteiger partial charge is 0.325 e. The summed E-state index contributed by atoms with van der Waals surface area (Å²) < 4.78 is 10.4. The van der Waals surface area contributed by atoms with Crippen molar-refractivity contribution in [2.45, 2.75) is 57.1 Å². The Bertz CT molecular complexity index is 610. The third-order valence-electron chi connectivity index (χ3n) is 5.47. The first-order valence-corrected chi connectivity index (χ1v) is 9.63. The Balaban J connectivity index is 1.47. The van der Waals surface area contributed by atoms with Gasteiger partial charge >= 0.3 is 12.0 Å². The molecular formula is C18H27N3O6. The summed E-state index contributed by atoms with van der Waals surface area (Å²) in [6.07, 6.45) is 3.13. The van der Waals surface area contributed by atoms with Gasteiger partial charge in [0.25, 0.3) is 11.8 Å². The molecule has 27 heavy (non-hydrogen) atoms. The fourth-order valence-corrected chi connectivity index (χ4v) is 3.92. The van der Waals surface area contributed by atoms with Gasteiger partial charge in [0.05, 0.1) is 19.6 Å². The second-order valence-corrected chi connectivity index (χ2v) is 7.35. The Morgan fingerprint density at radius 2 is 1.85 bits per heavy atom. The monoisotopic (exact) mass is 381 g/mol. The molecule has 1 saturated carbocycles. The number of ether oxygens (including phenoxy) is 2. The average molecular weight is 381 g/mol. The van der Waals surface area contributed by atoms with Gasteiger partial charge in [-0.15, -0.1) is 0 Å². The van der Waals surface area contributed by atoms with E-state index in [2.05, 4.69) is 5.32 Å². The number of esters is 1. The molecule has 9 heteroatoms. The van der Waals surface area contributed by atoms with Gasteiger partial charge in [0.15, 0.2) is 6.10 Å². The van der Waals surface area contributed by atoms with Crippen LogP contribution in [-0.2, 0) is 23.9 Å². The van der Waals surface area contributed by atoms with Crippen molar-refractivity contribution in [1.82, 2.24) is 15.1 Å². The molecule has 9 nitrogen and oxygen atoms in total. The van der Waals surface area contributed by atoms with Crippen LogP contribution in [0.1, 0.15) is 45.4 Å². The van der Waals surface area contributed by atoms with E-state index in [1.807, 2.05) is 0 Å². The van der Waals surface area contributed by atoms with E-state index in [4.69, 9.17) is 9.47 Å². The second-order valence-electron chi connectivity index (χ2n) is 7.35. The number of carbonyl (C=O) groups is 4. The zero-order valence-corrected chi connectivity index (χ0v) is 15.7. The number of carbonyl (C=O) groups excluding carboxylic acids is 4. The van der Waals surface area contributed by atoms with Gasteiger partial charge in [0.1, 0.15) is 5.54 Å². The van der Waals surface area contributed by atoms with E-state index in [1.165, 1.54) is 6.92 Å². The third-order valence-corrected chi connectivity index (χ3v) is 5.47. The van der Waals surface area contributed by atoms with Crippen molar-refractivity contribution in [2.75, 3.05) is 32.8 Å². The molecule has 0 aromatic rings. The summed E-state index contributed by atoms with van der Waals surface area (Å²) in [5, 5.41) is 2.81. The minimum absolute atomic E-state index is 0.0380. The van der Waals surface area contributed by atoms with Gasteiger partial charge in [-0.1, -0.05) is 19.3 Å². The first-order valence-electron chi connectivity index (χ1n) is 9.63. The Hall–Kier alpha value is -2.16. The summed E-state index contributed by atoms with van der Waals surface area (Å²) in [5.41, 5.74) is -0.793. The number of imide groups is 1. The van der Waals surface area contributed by atoms with Crippen molar-refractivity contribution in [2.24, 2.45) is 0 Å². The SMILES string of the molecule is CC(OC(=O)CCN1C(=O)NC2(CCCCC2)C1=O)C(=O)N1CCOCC1. The zero-order valence-electron chi connectivity index (χ0n) is 15.7. The summed E-state index contributed by atoms with van der Waals surface area (Å²) in [7, 11) is 0. The standard InChI is InChI=1S/C18H27N3O6/c1-13(15(23)20-9-11-26-12-10-20)27-14(22)5-8-21-16(24)18(19-17(21)25)6-3-2-4-7-18/h13H,2-12H2,1H3,(H,19,25). The molecule has 3 aliphatic rings. The lowest BCUT2D eigenvalue weighted by atomic mass is 9.82. The van der Waals surface area contributed by atoms with Crippen molar-refractivity contribution in [1.29, 1.82) is 0 Å². The summed E-state index contributed by atoms with van der Waals surface area (Å²) in [5.74, 6) is -1.12. The van der Waals surface area contributed by atoms with Crippen molar-refractivity contribution in [3.05, 3.63) is 0 Å². The van der Waals surface area contributed by atoms with E-state index in [0.717, 1.165) is 24.2 Å². The lowest BCUT2D eigenvalue weighted by molar-refractivity contribution is -0.161. The average Bonchev–Trinajstić information content (AvgIpc) is 2.90. The number of hydrogen-bond acceptors (Lipinski definition) is 6. The molecule has 2 aliphatic heterocycles. The number of hydrogen-bond donors (Lipinski definition) is 1. The molecular weight excluding hydrogens is 354 g/mol. The highest BCUT2D eigenvalue weighted by atomic mass is 16.5. The maximum Gasteiger partial charge on any atom is 0.325 e. The highest BCUT2D eigenvalue weighted by Gasteiger charge is 2.51. The lowest BCUT2D eigenvalue weighted by Crippen LogP contribution is -2.48. The first-order chi connectivity index (χ1) is 12.9. The van der Waals surface area contributed by atoms with E-state index in [9.17, 15) is 19.2 Å². The molecule has 2 heterocycles. The maximum atomic E-state index is 12.7. The van der Waals surface area contributed by atoms with Crippen LogP contribution in [-0.4, -0.2) is 78.1 Å². The number of morpholine rings is 1. The summed E-state index contributed by atoms with van der Waals surface area (Å²) >= 11 is 0. The van der Waals surface area contributed by atoms with Crippen LogP contribution in [0, 0.1) is 0 Å². The number of amides is 4. The van der Waals surface area contributed by atoms with Gasteiger partial charge < -0.3 is 19.7 Å². The summed E-state index contributed by atoms with van der Waals surface area (Å²) in [6, 6.07) is -0.452. The van der Waals surface area contributed by atoms with Gasteiger partial charge in [0.2, 0.25) is 0 Å². The Morgan fingerprint density at radius 1 is 1.19 bits per heavy atom. The predicted molar refractivity (Wildman–Crippen MR) is 93.6 cm³/mol. The Morgan fingerprint density at radius 3 is 2.52 bits per heavy atom. The minimum Gasteiger partial charge on any atom is -0.452 e. The van der Waals surface area contributed by atoms with Crippen LogP contribution in [0.15, 0.2) is 0 Å². The lowest BCUT2D eigenvalue weighted by Gasteiger charge is -2.30.